The number of para-hydroxylation sites is 1. The Hall–Kier alpha value is -3.07. The van der Waals surface area contributed by atoms with Crippen molar-refractivity contribution < 1.29 is 13.5 Å². The highest BCUT2D eigenvalue weighted by molar-refractivity contribution is 5.92. The third-order valence-electron chi connectivity index (χ3n) is 6.67. The van der Waals surface area contributed by atoms with E-state index in [9.17, 15) is 8.78 Å². The number of alkyl halides is 2. The van der Waals surface area contributed by atoms with E-state index in [1.165, 1.54) is 6.07 Å². The van der Waals surface area contributed by atoms with Crippen LogP contribution in [0.3, 0.4) is 0 Å². The molecule has 5 rings (SSSR count). The first-order chi connectivity index (χ1) is 15.8. The van der Waals surface area contributed by atoms with Crippen LogP contribution in [0.25, 0.3) is 10.9 Å². The van der Waals surface area contributed by atoms with Crippen LogP contribution in [-0.4, -0.2) is 59.9 Å². The van der Waals surface area contributed by atoms with E-state index in [0.29, 0.717) is 24.0 Å². The van der Waals surface area contributed by atoms with Crippen molar-refractivity contribution in [1.82, 2.24) is 20.1 Å². The summed E-state index contributed by atoms with van der Waals surface area (Å²) in [6.45, 7) is 3.50. The lowest BCUT2D eigenvalue weighted by Crippen LogP contribution is -2.42. The molecule has 0 saturated carbocycles. The second-order valence-electron chi connectivity index (χ2n) is 9.05. The van der Waals surface area contributed by atoms with Crippen LogP contribution in [0.5, 0.6) is 5.75 Å². The Kier molecular flexibility index (Phi) is 5.52. The summed E-state index contributed by atoms with van der Waals surface area (Å²) in [5, 5.41) is 12.7. The summed E-state index contributed by atoms with van der Waals surface area (Å²) in [7, 11) is 4.26. The molecule has 1 fully saturated rings. The molecule has 1 N–H and O–H groups in total. The van der Waals surface area contributed by atoms with Gasteiger partial charge in [0.15, 0.2) is 12.4 Å². The molecule has 0 spiro atoms. The van der Waals surface area contributed by atoms with Crippen molar-refractivity contribution in [3.63, 3.8) is 0 Å². The highest BCUT2D eigenvalue weighted by Gasteiger charge is 2.42. The second kappa shape index (κ2) is 8.37. The molecule has 9 heteroatoms. The molecule has 0 atom stereocenters. The molecule has 3 aromatic rings. The quantitative estimate of drug-likeness (QED) is 0.626. The average Bonchev–Trinajstić information content (AvgIpc) is 3.13. The Morgan fingerprint density at radius 3 is 2.76 bits per heavy atom. The Bertz CT molecular complexity index is 1180. The van der Waals surface area contributed by atoms with E-state index in [1.807, 2.05) is 13.1 Å². The van der Waals surface area contributed by atoms with Gasteiger partial charge in [-0.1, -0.05) is 12.1 Å². The minimum Gasteiger partial charge on any atom is -0.486 e. The van der Waals surface area contributed by atoms with Crippen molar-refractivity contribution in [3.05, 3.63) is 47.3 Å². The van der Waals surface area contributed by atoms with Crippen LogP contribution in [0.2, 0.25) is 0 Å². The van der Waals surface area contributed by atoms with E-state index in [4.69, 9.17) is 4.74 Å². The summed E-state index contributed by atoms with van der Waals surface area (Å²) < 4.78 is 33.4. The van der Waals surface area contributed by atoms with Gasteiger partial charge in [0.05, 0.1) is 28.7 Å². The van der Waals surface area contributed by atoms with Crippen LogP contribution in [0.1, 0.15) is 29.7 Å². The smallest absolute Gasteiger partial charge is 0.310 e. The van der Waals surface area contributed by atoms with Gasteiger partial charge in [0.1, 0.15) is 5.75 Å². The van der Waals surface area contributed by atoms with Crippen LogP contribution in [-0.2, 0) is 12.5 Å². The summed E-state index contributed by atoms with van der Waals surface area (Å²) in [5.74, 6) is -2.13. The zero-order valence-corrected chi connectivity index (χ0v) is 19.1. The van der Waals surface area contributed by atoms with Gasteiger partial charge in [-0.25, -0.2) is 0 Å². The van der Waals surface area contributed by atoms with Crippen LogP contribution < -0.4 is 15.0 Å². The Morgan fingerprint density at radius 2 is 2.00 bits per heavy atom. The van der Waals surface area contributed by atoms with Gasteiger partial charge >= 0.3 is 5.92 Å². The van der Waals surface area contributed by atoms with E-state index in [0.717, 1.165) is 48.2 Å². The number of anilines is 2. The van der Waals surface area contributed by atoms with Crippen LogP contribution >= 0.6 is 0 Å². The molecule has 2 aliphatic rings. The number of fused-ring (bicyclic) bond motifs is 2. The van der Waals surface area contributed by atoms with Crippen molar-refractivity contribution in [2.24, 2.45) is 0 Å². The molecule has 33 heavy (non-hydrogen) atoms. The molecule has 0 aliphatic carbocycles. The Morgan fingerprint density at radius 1 is 1.21 bits per heavy atom. The van der Waals surface area contributed by atoms with E-state index in [2.05, 4.69) is 50.5 Å². The fourth-order valence-corrected chi connectivity index (χ4v) is 4.69. The minimum absolute atomic E-state index is 0.0632. The van der Waals surface area contributed by atoms with Gasteiger partial charge < -0.3 is 19.9 Å². The maximum atomic E-state index is 14.0. The molecule has 1 aromatic carbocycles. The van der Waals surface area contributed by atoms with Crippen molar-refractivity contribution in [2.75, 3.05) is 44.0 Å². The SMILES string of the molecule is Cc1nnc(NCc2cccc3c2OCC3(F)F)c2cc(N3CCC(N(C)C)CC3)cnc12. The molecule has 174 valence electrons. The van der Waals surface area contributed by atoms with Crippen molar-refractivity contribution >= 4 is 22.4 Å². The maximum Gasteiger partial charge on any atom is 0.310 e. The second-order valence-corrected chi connectivity index (χ2v) is 9.05. The molecule has 0 radical (unpaired) electrons. The lowest BCUT2D eigenvalue weighted by atomic mass is 10.0. The number of rotatable bonds is 5. The number of piperidine rings is 1. The summed E-state index contributed by atoms with van der Waals surface area (Å²) in [6, 6.07) is 7.54. The lowest BCUT2D eigenvalue weighted by Gasteiger charge is -2.36. The number of ether oxygens (including phenoxy) is 1. The van der Waals surface area contributed by atoms with Crippen LogP contribution in [0, 0.1) is 6.92 Å². The molecule has 2 aliphatic heterocycles. The summed E-state index contributed by atoms with van der Waals surface area (Å²) in [5.41, 5.74) is 3.18. The number of halogens is 2. The number of nitrogens with zero attached hydrogens (tertiary/aromatic N) is 5. The summed E-state index contributed by atoms with van der Waals surface area (Å²) in [6.07, 6.45) is 4.11. The van der Waals surface area contributed by atoms with Gasteiger partial charge in [-0.15, -0.1) is 5.10 Å². The zero-order chi connectivity index (χ0) is 23.2. The third kappa shape index (κ3) is 4.06. The monoisotopic (exact) mass is 454 g/mol. The van der Waals surface area contributed by atoms with Crippen molar-refractivity contribution in [3.8, 4) is 5.75 Å². The molecule has 2 aromatic heterocycles. The molecular formula is C24H28F2N6O. The van der Waals surface area contributed by atoms with Gasteiger partial charge in [-0.05, 0) is 46.0 Å². The van der Waals surface area contributed by atoms with E-state index in [1.54, 1.807) is 12.1 Å². The summed E-state index contributed by atoms with van der Waals surface area (Å²) >= 11 is 0. The molecule has 0 bridgehead atoms. The number of aromatic nitrogens is 3. The van der Waals surface area contributed by atoms with E-state index in [-0.39, 0.29) is 11.3 Å². The topological polar surface area (TPSA) is 66.4 Å². The molecular weight excluding hydrogens is 426 g/mol. The predicted molar refractivity (Wildman–Crippen MR) is 124 cm³/mol. The van der Waals surface area contributed by atoms with E-state index < -0.39 is 12.5 Å². The minimum atomic E-state index is -2.96. The summed E-state index contributed by atoms with van der Waals surface area (Å²) in [4.78, 5) is 9.33. The first kappa shape index (κ1) is 21.8. The highest BCUT2D eigenvalue weighted by atomic mass is 19.3. The fraction of sp³-hybridized carbons (Fsp3) is 0.458. The van der Waals surface area contributed by atoms with Gasteiger partial charge in [0.25, 0.3) is 0 Å². The zero-order valence-electron chi connectivity index (χ0n) is 19.1. The Balaban J connectivity index is 1.41. The number of aryl methyl sites for hydroxylation is 1. The van der Waals surface area contributed by atoms with Gasteiger partial charge in [0.2, 0.25) is 0 Å². The standard InChI is InChI=1S/C24H28F2N6O/c1-15-21-19(11-18(13-27-21)32-9-7-17(8-10-32)31(2)3)23(30-29-15)28-12-16-5-4-6-20-22(16)33-14-24(20,25)26/h4-6,11,13,17H,7-10,12,14H2,1-3H3,(H,28,30). The van der Waals surface area contributed by atoms with Crippen molar-refractivity contribution in [2.45, 2.75) is 38.3 Å². The normalized spacial score (nSPS) is 17.9. The van der Waals surface area contributed by atoms with Crippen LogP contribution in [0.4, 0.5) is 20.3 Å². The maximum absolute atomic E-state index is 14.0. The number of pyridine rings is 1. The predicted octanol–water partition coefficient (Wildman–Crippen LogP) is 3.96. The van der Waals surface area contributed by atoms with E-state index >= 15 is 0 Å². The first-order valence-corrected chi connectivity index (χ1v) is 11.2. The Labute approximate surface area is 191 Å². The average molecular weight is 455 g/mol. The van der Waals surface area contributed by atoms with Gasteiger partial charge in [-0.3, -0.25) is 4.98 Å². The number of benzene rings is 1. The highest BCUT2D eigenvalue weighted by Crippen LogP contribution is 2.43. The number of hydrogen-bond acceptors (Lipinski definition) is 7. The number of hydrogen-bond donors (Lipinski definition) is 1. The third-order valence-corrected chi connectivity index (χ3v) is 6.67. The molecule has 7 nitrogen and oxygen atoms in total. The largest absolute Gasteiger partial charge is 0.486 e. The fourth-order valence-electron chi connectivity index (χ4n) is 4.69. The van der Waals surface area contributed by atoms with Crippen LogP contribution in [0.15, 0.2) is 30.5 Å². The molecule has 4 heterocycles. The van der Waals surface area contributed by atoms with Crippen molar-refractivity contribution in [1.29, 1.82) is 0 Å². The molecule has 0 unspecified atom stereocenters. The van der Waals surface area contributed by atoms with Gasteiger partial charge in [-0.2, -0.15) is 13.9 Å². The lowest BCUT2D eigenvalue weighted by molar-refractivity contribution is -0.0214. The van der Waals surface area contributed by atoms with Gasteiger partial charge in [0, 0.05) is 36.6 Å². The molecule has 0 amide bonds. The molecule has 1 saturated heterocycles. The first-order valence-electron chi connectivity index (χ1n) is 11.2. The number of nitrogens with one attached hydrogen (secondary N) is 1.